The molecule has 0 fully saturated rings. The molecule has 0 spiro atoms. The van der Waals surface area contributed by atoms with Crippen LogP contribution in [0.3, 0.4) is 0 Å². The molecule has 3 N–H and O–H groups in total. The van der Waals surface area contributed by atoms with Gasteiger partial charge in [0.25, 0.3) is 0 Å². The van der Waals surface area contributed by atoms with Gasteiger partial charge in [-0.25, -0.2) is 9.78 Å². The first-order valence-corrected chi connectivity index (χ1v) is 6.88. The molecule has 96 valence electrons. The third-order valence-corrected chi connectivity index (χ3v) is 4.29. The number of carboxylic acid groups (broad SMARTS) is 1. The van der Waals surface area contributed by atoms with E-state index in [0.29, 0.717) is 11.3 Å². The normalized spacial score (nSPS) is 11.0. The summed E-state index contributed by atoms with van der Waals surface area (Å²) < 4.78 is 0.950. The summed E-state index contributed by atoms with van der Waals surface area (Å²) in [5.74, 6) is -0.556. The molecular formula is C12H7BrN2O3S. The summed E-state index contributed by atoms with van der Waals surface area (Å²) in [5, 5.41) is 18.9. The van der Waals surface area contributed by atoms with E-state index in [2.05, 4.69) is 25.9 Å². The number of hydrogen-bond donors (Lipinski definition) is 3. The Balaban J connectivity index is 2.28. The first-order valence-electron chi connectivity index (χ1n) is 5.27. The number of imidazole rings is 1. The van der Waals surface area contributed by atoms with Gasteiger partial charge in [0, 0.05) is 0 Å². The van der Waals surface area contributed by atoms with Gasteiger partial charge in [-0.05, 0) is 40.2 Å². The Labute approximate surface area is 119 Å². The number of fused-ring (bicyclic) bond motifs is 1. The molecule has 2 heterocycles. The number of H-pyrrole nitrogens is 1. The van der Waals surface area contributed by atoms with E-state index in [1.54, 1.807) is 0 Å². The number of aromatic carboxylic acids is 1. The summed E-state index contributed by atoms with van der Waals surface area (Å²) >= 11 is 4.83. The van der Waals surface area contributed by atoms with Gasteiger partial charge in [-0.3, -0.25) is 0 Å². The molecule has 0 unspecified atom stereocenters. The zero-order valence-corrected chi connectivity index (χ0v) is 11.7. The summed E-state index contributed by atoms with van der Waals surface area (Å²) in [6.07, 6.45) is 0. The number of nitrogens with one attached hydrogen (secondary N) is 1. The molecule has 3 aromatic rings. The van der Waals surface area contributed by atoms with Gasteiger partial charge in [0.1, 0.15) is 22.6 Å². The Hall–Kier alpha value is -1.86. The summed E-state index contributed by atoms with van der Waals surface area (Å²) in [6.45, 7) is 0. The van der Waals surface area contributed by atoms with Crippen molar-refractivity contribution in [2.45, 2.75) is 0 Å². The number of carboxylic acids is 1. The van der Waals surface area contributed by atoms with Crippen molar-refractivity contribution in [3.63, 3.8) is 0 Å². The minimum absolute atomic E-state index is 0.0191. The van der Waals surface area contributed by atoms with Crippen molar-refractivity contribution < 1.29 is 15.0 Å². The maximum Gasteiger partial charge on any atom is 0.337 e. The quantitative estimate of drug-likeness (QED) is 0.667. The number of halogens is 1. The molecule has 0 saturated heterocycles. The second kappa shape index (κ2) is 4.36. The summed E-state index contributed by atoms with van der Waals surface area (Å²) in [7, 11) is 0. The number of carbonyl (C=O) groups is 1. The number of thiophene rings is 1. The number of phenolic OH excluding ortho intramolecular Hbond substituents is 1. The molecule has 0 aliphatic rings. The standard InChI is InChI=1S/C12H7BrN2O3S/c13-8-4-3-7(19-8)11-14-9-5(12(17)18)1-2-6(16)10(9)15-11/h1-4,16H,(H,14,15)(H,17,18). The van der Waals surface area contributed by atoms with Crippen LogP contribution in [0.5, 0.6) is 5.75 Å². The van der Waals surface area contributed by atoms with Crippen LogP contribution in [0, 0.1) is 0 Å². The number of rotatable bonds is 2. The average molecular weight is 339 g/mol. The minimum Gasteiger partial charge on any atom is -0.506 e. The van der Waals surface area contributed by atoms with Gasteiger partial charge in [0.2, 0.25) is 0 Å². The Morgan fingerprint density at radius 2 is 2.11 bits per heavy atom. The van der Waals surface area contributed by atoms with Gasteiger partial charge >= 0.3 is 5.97 Å². The topological polar surface area (TPSA) is 86.2 Å². The van der Waals surface area contributed by atoms with Gasteiger partial charge in [-0.1, -0.05) is 0 Å². The maximum absolute atomic E-state index is 11.1. The van der Waals surface area contributed by atoms with Crippen LogP contribution in [0.25, 0.3) is 21.7 Å². The van der Waals surface area contributed by atoms with Crippen LogP contribution in [-0.2, 0) is 0 Å². The van der Waals surface area contributed by atoms with Crippen molar-refractivity contribution in [3.8, 4) is 16.5 Å². The molecule has 0 atom stereocenters. The molecule has 19 heavy (non-hydrogen) atoms. The van der Waals surface area contributed by atoms with E-state index in [1.165, 1.54) is 23.5 Å². The largest absolute Gasteiger partial charge is 0.506 e. The third kappa shape index (κ3) is 2.00. The Morgan fingerprint density at radius 3 is 2.74 bits per heavy atom. The number of phenols is 1. The molecule has 0 amide bonds. The Bertz CT molecular complexity index is 793. The van der Waals surface area contributed by atoms with E-state index in [4.69, 9.17) is 5.11 Å². The molecular weight excluding hydrogens is 332 g/mol. The van der Waals surface area contributed by atoms with Crippen LogP contribution in [0.2, 0.25) is 0 Å². The van der Waals surface area contributed by atoms with Gasteiger partial charge in [0.05, 0.1) is 14.2 Å². The highest BCUT2D eigenvalue weighted by atomic mass is 79.9. The first kappa shape index (κ1) is 12.2. The van der Waals surface area contributed by atoms with Crippen LogP contribution in [-0.4, -0.2) is 26.2 Å². The molecule has 0 bridgehead atoms. The number of benzene rings is 1. The molecule has 1 aromatic carbocycles. The highest BCUT2D eigenvalue weighted by molar-refractivity contribution is 9.11. The second-order valence-electron chi connectivity index (χ2n) is 3.85. The minimum atomic E-state index is -1.07. The van der Waals surface area contributed by atoms with E-state index >= 15 is 0 Å². The lowest BCUT2D eigenvalue weighted by Crippen LogP contribution is -1.97. The van der Waals surface area contributed by atoms with E-state index in [-0.39, 0.29) is 16.8 Å². The maximum atomic E-state index is 11.1. The molecule has 0 saturated carbocycles. The fraction of sp³-hybridized carbons (Fsp3) is 0. The first-order chi connectivity index (χ1) is 9.06. The van der Waals surface area contributed by atoms with Crippen LogP contribution in [0.4, 0.5) is 0 Å². The van der Waals surface area contributed by atoms with Crippen molar-refractivity contribution in [3.05, 3.63) is 33.6 Å². The predicted molar refractivity (Wildman–Crippen MR) is 75.7 cm³/mol. The van der Waals surface area contributed by atoms with Gasteiger partial charge < -0.3 is 15.2 Å². The monoisotopic (exact) mass is 338 g/mol. The zero-order valence-electron chi connectivity index (χ0n) is 9.35. The van der Waals surface area contributed by atoms with Gasteiger partial charge in [0.15, 0.2) is 0 Å². The van der Waals surface area contributed by atoms with E-state index in [1.807, 2.05) is 12.1 Å². The van der Waals surface area contributed by atoms with Crippen molar-refractivity contribution in [1.29, 1.82) is 0 Å². The van der Waals surface area contributed by atoms with Crippen molar-refractivity contribution in [2.75, 3.05) is 0 Å². The van der Waals surface area contributed by atoms with Crippen LogP contribution >= 0.6 is 27.3 Å². The van der Waals surface area contributed by atoms with Crippen molar-refractivity contribution in [2.24, 2.45) is 0 Å². The average Bonchev–Trinajstić information content (AvgIpc) is 2.95. The number of nitrogens with zero attached hydrogens (tertiary/aromatic N) is 1. The summed E-state index contributed by atoms with van der Waals surface area (Å²) in [4.78, 5) is 19.2. The predicted octanol–water partition coefficient (Wildman–Crippen LogP) is 3.46. The summed E-state index contributed by atoms with van der Waals surface area (Å²) in [5.41, 5.74) is 0.650. The lowest BCUT2D eigenvalue weighted by molar-refractivity contribution is 0.0699. The third-order valence-electron chi connectivity index (χ3n) is 2.66. The number of hydrogen-bond acceptors (Lipinski definition) is 4. The van der Waals surface area contributed by atoms with E-state index in [9.17, 15) is 9.90 Å². The molecule has 0 aliphatic heterocycles. The lowest BCUT2D eigenvalue weighted by Gasteiger charge is -1.97. The van der Waals surface area contributed by atoms with Crippen LogP contribution < -0.4 is 0 Å². The Morgan fingerprint density at radius 1 is 1.32 bits per heavy atom. The smallest absolute Gasteiger partial charge is 0.337 e. The van der Waals surface area contributed by atoms with Gasteiger partial charge in [-0.2, -0.15) is 0 Å². The fourth-order valence-electron chi connectivity index (χ4n) is 1.81. The van der Waals surface area contributed by atoms with E-state index in [0.717, 1.165) is 8.66 Å². The number of aromatic nitrogens is 2. The highest BCUT2D eigenvalue weighted by Gasteiger charge is 2.17. The zero-order chi connectivity index (χ0) is 13.6. The SMILES string of the molecule is O=C(O)c1ccc(O)c2[nH]c(-c3ccc(Br)s3)nc12. The number of aromatic amines is 1. The molecule has 3 rings (SSSR count). The Kier molecular flexibility index (Phi) is 2.79. The number of aromatic hydroxyl groups is 1. The lowest BCUT2D eigenvalue weighted by atomic mass is 10.2. The van der Waals surface area contributed by atoms with Gasteiger partial charge in [-0.15, -0.1) is 11.3 Å². The van der Waals surface area contributed by atoms with Crippen LogP contribution in [0.15, 0.2) is 28.1 Å². The molecule has 7 heteroatoms. The van der Waals surface area contributed by atoms with Crippen molar-refractivity contribution in [1.82, 2.24) is 9.97 Å². The second-order valence-corrected chi connectivity index (χ2v) is 6.31. The molecule has 2 aromatic heterocycles. The highest BCUT2D eigenvalue weighted by Crippen LogP contribution is 2.33. The fourth-order valence-corrected chi connectivity index (χ4v) is 3.14. The molecule has 0 radical (unpaired) electrons. The summed E-state index contributed by atoms with van der Waals surface area (Å²) in [6, 6.07) is 6.43. The molecule has 5 nitrogen and oxygen atoms in total. The van der Waals surface area contributed by atoms with Crippen LogP contribution in [0.1, 0.15) is 10.4 Å². The van der Waals surface area contributed by atoms with Crippen molar-refractivity contribution >= 4 is 44.3 Å². The van der Waals surface area contributed by atoms with E-state index < -0.39 is 5.97 Å². The molecule has 0 aliphatic carbocycles.